The van der Waals surface area contributed by atoms with Crippen molar-refractivity contribution in [2.75, 3.05) is 19.6 Å². The lowest BCUT2D eigenvalue weighted by Gasteiger charge is -2.41. The van der Waals surface area contributed by atoms with Gasteiger partial charge in [-0.1, -0.05) is 36.4 Å². The molecule has 2 aliphatic heterocycles. The standard InChI is InChI=1S/C28H32N4O2S/c1-21-10-11-25(35-21)20-31-16-12-23(13-17-31)28(19-22-7-3-2-4-8-22)26(33)32(27(34)30-28)18-14-24-9-5-6-15-29-24/h2-11,15,23H,12-14,16-20H2,1H3,(H,30,34)/t28-/m1/s1. The topological polar surface area (TPSA) is 65.5 Å². The summed E-state index contributed by atoms with van der Waals surface area (Å²) in [5.74, 6) is 0.00921. The molecule has 0 unspecified atom stereocenters. The third kappa shape index (κ3) is 5.16. The smallest absolute Gasteiger partial charge is 0.322 e. The molecule has 3 aromatic rings. The van der Waals surface area contributed by atoms with Gasteiger partial charge in [0, 0.05) is 47.6 Å². The van der Waals surface area contributed by atoms with Crippen molar-refractivity contribution in [3.05, 3.63) is 87.9 Å². The molecule has 1 atom stereocenters. The average Bonchev–Trinajstić information content (AvgIpc) is 3.39. The molecule has 2 aromatic heterocycles. The number of likely N-dealkylation sites (tertiary alicyclic amines) is 1. The number of imide groups is 1. The van der Waals surface area contributed by atoms with Crippen molar-refractivity contribution >= 4 is 23.3 Å². The van der Waals surface area contributed by atoms with Crippen LogP contribution in [0.4, 0.5) is 4.79 Å². The lowest BCUT2D eigenvalue weighted by Crippen LogP contribution is -2.57. The summed E-state index contributed by atoms with van der Waals surface area (Å²) < 4.78 is 0. The highest BCUT2D eigenvalue weighted by Gasteiger charge is 2.55. The van der Waals surface area contributed by atoms with Crippen molar-refractivity contribution in [3.8, 4) is 0 Å². The Kier molecular flexibility index (Phi) is 6.97. The van der Waals surface area contributed by atoms with Gasteiger partial charge < -0.3 is 5.32 Å². The van der Waals surface area contributed by atoms with Crippen molar-refractivity contribution in [2.45, 2.75) is 44.7 Å². The summed E-state index contributed by atoms with van der Waals surface area (Å²) in [5.41, 5.74) is 1.06. The molecule has 2 aliphatic rings. The zero-order chi connectivity index (χ0) is 24.3. The predicted molar refractivity (Wildman–Crippen MR) is 138 cm³/mol. The monoisotopic (exact) mass is 488 g/mol. The van der Waals surface area contributed by atoms with Crippen molar-refractivity contribution in [2.24, 2.45) is 5.92 Å². The molecule has 2 fully saturated rings. The van der Waals surface area contributed by atoms with E-state index in [4.69, 9.17) is 0 Å². The van der Waals surface area contributed by atoms with Crippen LogP contribution in [-0.2, 0) is 24.2 Å². The van der Waals surface area contributed by atoms with Gasteiger partial charge in [-0.3, -0.25) is 19.6 Å². The molecule has 0 spiro atoms. The number of pyridine rings is 1. The third-order valence-electron chi connectivity index (χ3n) is 7.31. The molecule has 1 N–H and O–H groups in total. The normalized spacial score (nSPS) is 21.5. The molecule has 5 rings (SSSR count). The van der Waals surface area contributed by atoms with Crippen LogP contribution < -0.4 is 5.32 Å². The number of carbonyl (C=O) groups is 2. The second kappa shape index (κ2) is 10.3. The van der Waals surface area contributed by atoms with Gasteiger partial charge in [-0.2, -0.15) is 0 Å². The molecule has 0 saturated carbocycles. The molecule has 0 radical (unpaired) electrons. The van der Waals surface area contributed by atoms with Gasteiger partial charge >= 0.3 is 6.03 Å². The fourth-order valence-corrected chi connectivity index (χ4v) is 6.39. The zero-order valence-electron chi connectivity index (χ0n) is 20.2. The Balaban J connectivity index is 1.33. The van der Waals surface area contributed by atoms with Crippen LogP contribution >= 0.6 is 11.3 Å². The zero-order valence-corrected chi connectivity index (χ0v) is 21.0. The molecule has 35 heavy (non-hydrogen) atoms. The van der Waals surface area contributed by atoms with Crippen molar-refractivity contribution in [1.29, 1.82) is 0 Å². The largest absolute Gasteiger partial charge is 0.325 e. The van der Waals surface area contributed by atoms with Crippen LogP contribution in [0.5, 0.6) is 0 Å². The van der Waals surface area contributed by atoms with Crippen LogP contribution in [0.3, 0.4) is 0 Å². The van der Waals surface area contributed by atoms with Gasteiger partial charge in [0.2, 0.25) is 0 Å². The maximum Gasteiger partial charge on any atom is 0.325 e. The van der Waals surface area contributed by atoms with Crippen LogP contribution in [0, 0.1) is 12.8 Å². The number of amides is 3. The molecule has 0 aliphatic carbocycles. The van der Waals surface area contributed by atoms with Gasteiger partial charge in [-0.05, 0) is 68.6 Å². The van der Waals surface area contributed by atoms with Gasteiger partial charge in [-0.15, -0.1) is 11.3 Å². The van der Waals surface area contributed by atoms with E-state index in [1.54, 1.807) is 6.20 Å². The van der Waals surface area contributed by atoms with E-state index >= 15 is 0 Å². The Morgan fingerprint density at radius 1 is 1.03 bits per heavy atom. The van der Waals surface area contributed by atoms with Crippen molar-refractivity contribution in [1.82, 2.24) is 20.1 Å². The van der Waals surface area contributed by atoms with Crippen LogP contribution in [-0.4, -0.2) is 51.9 Å². The number of carbonyl (C=O) groups excluding carboxylic acids is 2. The van der Waals surface area contributed by atoms with Gasteiger partial charge in [0.15, 0.2) is 0 Å². The molecule has 4 heterocycles. The summed E-state index contributed by atoms with van der Waals surface area (Å²) in [6.07, 6.45) is 4.59. The highest BCUT2D eigenvalue weighted by molar-refractivity contribution is 7.11. The predicted octanol–water partition coefficient (Wildman–Crippen LogP) is 4.44. The summed E-state index contributed by atoms with van der Waals surface area (Å²) in [7, 11) is 0. The Morgan fingerprint density at radius 2 is 1.80 bits per heavy atom. The molecule has 6 nitrogen and oxygen atoms in total. The number of nitrogens with one attached hydrogen (secondary N) is 1. The first-order valence-corrected chi connectivity index (χ1v) is 13.2. The van der Waals surface area contributed by atoms with Gasteiger partial charge in [-0.25, -0.2) is 4.79 Å². The second-order valence-corrected chi connectivity index (χ2v) is 11.0. The number of piperidine rings is 1. The van der Waals surface area contributed by atoms with E-state index in [0.717, 1.165) is 43.7 Å². The van der Waals surface area contributed by atoms with Crippen LogP contribution in [0.1, 0.15) is 33.9 Å². The average molecular weight is 489 g/mol. The minimum atomic E-state index is -0.895. The summed E-state index contributed by atoms with van der Waals surface area (Å²) in [5, 5.41) is 3.19. The van der Waals surface area contributed by atoms with E-state index in [9.17, 15) is 9.59 Å². The molecule has 2 saturated heterocycles. The van der Waals surface area contributed by atoms with Gasteiger partial charge in [0.1, 0.15) is 5.54 Å². The van der Waals surface area contributed by atoms with E-state index < -0.39 is 5.54 Å². The van der Waals surface area contributed by atoms with E-state index in [2.05, 4.69) is 34.3 Å². The lowest BCUT2D eigenvalue weighted by atomic mass is 9.74. The lowest BCUT2D eigenvalue weighted by molar-refractivity contribution is -0.134. The number of benzene rings is 1. The summed E-state index contributed by atoms with van der Waals surface area (Å²) in [6, 6.07) is 19.9. The van der Waals surface area contributed by atoms with Gasteiger partial charge in [0.25, 0.3) is 5.91 Å². The van der Waals surface area contributed by atoms with E-state index in [0.29, 0.717) is 19.4 Å². The molecular weight excluding hydrogens is 456 g/mol. The molecule has 1 aromatic carbocycles. The Hall–Kier alpha value is -3.03. The Labute approximate surface area is 211 Å². The first-order chi connectivity index (χ1) is 17.0. The van der Waals surface area contributed by atoms with Crippen LogP contribution in [0.25, 0.3) is 0 Å². The maximum atomic E-state index is 13.9. The highest BCUT2D eigenvalue weighted by Crippen LogP contribution is 2.37. The molecule has 0 bridgehead atoms. The molecular formula is C28H32N4O2S. The van der Waals surface area contributed by atoms with Crippen molar-refractivity contribution in [3.63, 3.8) is 0 Å². The van der Waals surface area contributed by atoms with E-state index in [-0.39, 0.29) is 17.9 Å². The first-order valence-electron chi connectivity index (χ1n) is 12.4. The van der Waals surface area contributed by atoms with E-state index in [1.807, 2.05) is 59.9 Å². The minimum absolute atomic E-state index is 0.0883. The Morgan fingerprint density at radius 3 is 2.49 bits per heavy atom. The van der Waals surface area contributed by atoms with E-state index in [1.165, 1.54) is 14.7 Å². The number of rotatable bonds is 8. The number of hydrogen-bond donors (Lipinski definition) is 1. The van der Waals surface area contributed by atoms with Crippen LogP contribution in [0.2, 0.25) is 0 Å². The van der Waals surface area contributed by atoms with Crippen LogP contribution in [0.15, 0.2) is 66.9 Å². The summed E-state index contributed by atoms with van der Waals surface area (Å²) in [4.78, 5) is 38.0. The van der Waals surface area contributed by atoms with Gasteiger partial charge in [0.05, 0.1) is 0 Å². The highest BCUT2D eigenvalue weighted by atomic mass is 32.1. The quantitative estimate of drug-likeness (QED) is 0.476. The minimum Gasteiger partial charge on any atom is -0.322 e. The molecule has 3 amide bonds. The Bertz CT molecular complexity index is 1160. The fraction of sp³-hybridized carbons (Fsp3) is 0.393. The number of urea groups is 1. The maximum absolute atomic E-state index is 13.9. The molecule has 182 valence electrons. The first kappa shape index (κ1) is 23.7. The summed E-state index contributed by atoms with van der Waals surface area (Å²) >= 11 is 1.85. The summed E-state index contributed by atoms with van der Waals surface area (Å²) in [6.45, 7) is 5.29. The molecule has 7 heteroatoms. The number of nitrogens with zero attached hydrogens (tertiary/aromatic N) is 3. The number of thiophene rings is 1. The second-order valence-electron chi connectivity index (χ2n) is 9.65. The third-order valence-corrected chi connectivity index (χ3v) is 8.29. The van der Waals surface area contributed by atoms with Crippen molar-refractivity contribution < 1.29 is 9.59 Å². The number of hydrogen-bond acceptors (Lipinski definition) is 5. The number of aryl methyl sites for hydroxylation is 1. The SMILES string of the molecule is Cc1ccc(CN2CCC([C@@]3(Cc4ccccc4)NC(=O)N(CCc4ccccn4)C3=O)CC2)s1. The number of aromatic nitrogens is 1. The fourth-order valence-electron chi connectivity index (χ4n) is 5.45.